The summed E-state index contributed by atoms with van der Waals surface area (Å²) in [6, 6.07) is 10.2. The van der Waals surface area contributed by atoms with Gasteiger partial charge in [-0.05, 0) is 37.1 Å². The molecule has 0 radical (unpaired) electrons. The quantitative estimate of drug-likeness (QED) is 0.712. The number of nitrogens with zero attached hydrogens (tertiary/aromatic N) is 2. The molecule has 1 aliphatic heterocycles. The molecule has 6 nitrogen and oxygen atoms in total. The van der Waals surface area contributed by atoms with Crippen LogP contribution in [0.5, 0.6) is 0 Å². The predicted octanol–water partition coefficient (Wildman–Crippen LogP) is 1.38. The SMILES string of the molecule is N#Cc1ccc(N2CCC(NCCNC(=O)O)CC2)cc1. The number of anilines is 1. The number of hydrogen-bond donors (Lipinski definition) is 3. The number of rotatable bonds is 5. The van der Waals surface area contributed by atoms with Crippen molar-refractivity contribution in [2.45, 2.75) is 18.9 Å². The minimum absolute atomic E-state index is 0.436. The van der Waals surface area contributed by atoms with Gasteiger partial charge in [0.25, 0.3) is 0 Å². The number of nitriles is 1. The molecule has 3 N–H and O–H groups in total. The van der Waals surface area contributed by atoms with Gasteiger partial charge in [0, 0.05) is 37.9 Å². The Morgan fingerprint density at radius 1 is 1.29 bits per heavy atom. The largest absolute Gasteiger partial charge is 0.465 e. The summed E-state index contributed by atoms with van der Waals surface area (Å²) in [7, 11) is 0. The van der Waals surface area contributed by atoms with Crippen molar-refractivity contribution in [3.63, 3.8) is 0 Å². The van der Waals surface area contributed by atoms with Gasteiger partial charge in [0.15, 0.2) is 0 Å². The molecule has 1 fully saturated rings. The van der Waals surface area contributed by atoms with Crippen molar-refractivity contribution >= 4 is 11.8 Å². The number of carbonyl (C=O) groups is 1. The molecule has 0 bridgehead atoms. The maximum Gasteiger partial charge on any atom is 0.404 e. The molecule has 1 aromatic rings. The first-order chi connectivity index (χ1) is 10.2. The molecule has 0 atom stereocenters. The van der Waals surface area contributed by atoms with E-state index in [1.165, 1.54) is 0 Å². The lowest BCUT2D eigenvalue weighted by Gasteiger charge is -2.34. The van der Waals surface area contributed by atoms with Gasteiger partial charge in [0.05, 0.1) is 11.6 Å². The van der Waals surface area contributed by atoms with Crippen LogP contribution >= 0.6 is 0 Å². The molecule has 0 saturated carbocycles. The molecular formula is C15H20N4O2. The predicted molar refractivity (Wildman–Crippen MR) is 80.4 cm³/mol. The fraction of sp³-hybridized carbons (Fsp3) is 0.467. The molecule has 0 unspecified atom stereocenters. The first kappa shape index (κ1) is 15.1. The topological polar surface area (TPSA) is 88.4 Å². The molecule has 1 saturated heterocycles. The lowest BCUT2D eigenvalue weighted by atomic mass is 10.0. The van der Waals surface area contributed by atoms with E-state index in [-0.39, 0.29) is 0 Å². The Labute approximate surface area is 124 Å². The van der Waals surface area contributed by atoms with E-state index in [1.54, 1.807) is 0 Å². The summed E-state index contributed by atoms with van der Waals surface area (Å²) in [5, 5.41) is 23.0. The van der Waals surface area contributed by atoms with E-state index in [4.69, 9.17) is 10.4 Å². The zero-order valence-electron chi connectivity index (χ0n) is 11.9. The van der Waals surface area contributed by atoms with E-state index in [1.807, 2.05) is 24.3 Å². The van der Waals surface area contributed by atoms with Gasteiger partial charge in [-0.3, -0.25) is 0 Å². The van der Waals surface area contributed by atoms with Crippen LogP contribution in [0.3, 0.4) is 0 Å². The summed E-state index contributed by atoms with van der Waals surface area (Å²) in [5.74, 6) is 0. The number of amides is 1. The molecule has 0 spiro atoms. The van der Waals surface area contributed by atoms with E-state index in [0.717, 1.165) is 31.6 Å². The summed E-state index contributed by atoms with van der Waals surface area (Å²) in [4.78, 5) is 12.6. The van der Waals surface area contributed by atoms with Crippen LogP contribution in [-0.2, 0) is 0 Å². The third-order valence-electron chi connectivity index (χ3n) is 3.69. The summed E-state index contributed by atoms with van der Waals surface area (Å²) in [6.07, 6.45) is 1.09. The van der Waals surface area contributed by atoms with E-state index in [0.29, 0.717) is 24.7 Å². The van der Waals surface area contributed by atoms with Gasteiger partial charge in [-0.15, -0.1) is 0 Å². The normalized spacial score (nSPS) is 15.5. The molecule has 1 aliphatic rings. The lowest BCUT2D eigenvalue weighted by molar-refractivity contribution is 0.194. The van der Waals surface area contributed by atoms with Crippen LogP contribution in [0.4, 0.5) is 10.5 Å². The van der Waals surface area contributed by atoms with Crippen LogP contribution in [0.2, 0.25) is 0 Å². The van der Waals surface area contributed by atoms with Gasteiger partial charge >= 0.3 is 6.09 Å². The summed E-state index contributed by atoms with van der Waals surface area (Å²) >= 11 is 0. The molecule has 0 aromatic heterocycles. The van der Waals surface area contributed by atoms with Crippen LogP contribution < -0.4 is 15.5 Å². The van der Waals surface area contributed by atoms with Crippen LogP contribution in [0.15, 0.2) is 24.3 Å². The van der Waals surface area contributed by atoms with Gasteiger partial charge in [-0.25, -0.2) is 4.79 Å². The van der Waals surface area contributed by atoms with E-state index in [9.17, 15) is 4.79 Å². The van der Waals surface area contributed by atoms with E-state index >= 15 is 0 Å². The van der Waals surface area contributed by atoms with Gasteiger partial charge in [-0.1, -0.05) is 0 Å². The van der Waals surface area contributed by atoms with Crippen LogP contribution in [0.25, 0.3) is 0 Å². The molecule has 1 aromatic carbocycles. The second-order valence-corrected chi connectivity index (χ2v) is 5.11. The molecule has 6 heteroatoms. The zero-order chi connectivity index (χ0) is 15.1. The molecule has 112 valence electrons. The number of carboxylic acid groups (broad SMARTS) is 1. The highest BCUT2D eigenvalue weighted by Gasteiger charge is 2.18. The standard InChI is InChI=1S/C15H20N4O2/c16-11-12-1-3-14(4-2-12)19-9-5-13(6-10-19)17-7-8-18-15(20)21/h1-4,13,17-18H,5-10H2,(H,20,21). The summed E-state index contributed by atoms with van der Waals surface area (Å²) < 4.78 is 0. The minimum Gasteiger partial charge on any atom is -0.465 e. The van der Waals surface area contributed by atoms with E-state index < -0.39 is 6.09 Å². The monoisotopic (exact) mass is 288 g/mol. The highest BCUT2D eigenvalue weighted by atomic mass is 16.4. The summed E-state index contributed by atoms with van der Waals surface area (Å²) in [6.45, 7) is 3.03. The molecule has 0 aliphatic carbocycles. The Bertz CT molecular complexity index is 501. The van der Waals surface area contributed by atoms with Crippen molar-refractivity contribution in [1.82, 2.24) is 10.6 Å². The maximum absolute atomic E-state index is 10.3. The molecule has 1 heterocycles. The zero-order valence-corrected chi connectivity index (χ0v) is 11.9. The Morgan fingerprint density at radius 2 is 1.95 bits per heavy atom. The molecule has 1 amide bonds. The lowest BCUT2D eigenvalue weighted by Crippen LogP contribution is -2.44. The number of piperidine rings is 1. The average Bonchev–Trinajstić information content (AvgIpc) is 2.52. The van der Waals surface area contributed by atoms with Crippen molar-refractivity contribution < 1.29 is 9.90 Å². The first-order valence-corrected chi connectivity index (χ1v) is 7.14. The Kier molecular flexibility index (Phi) is 5.41. The highest BCUT2D eigenvalue weighted by Crippen LogP contribution is 2.20. The van der Waals surface area contributed by atoms with Crippen LogP contribution in [-0.4, -0.2) is 43.4 Å². The van der Waals surface area contributed by atoms with Gasteiger partial charge in [0.1, 0.15) is 0 Å². The molecule has 21 heavy (non-hydrogen) atoms. The van der Waals surface area contributed by atoms with Gasteiger partial charge in [0.2, 0.25) is 0 Å². The third kappa shape index (κ3) is 4.65. The Hall–Kier alpha value is -2.26. The smallest absolute Gasteiger partial charge is 0.404 e. The van der Waals surface area contributed by atoms with Gasteiger partial charge in [-0.2, -0.15) is 5.26 Å². The van der Waals surface area contributed by atoms with Crippen molar-refractivity contribution in [2.24, 2.45) is 0 Å². The van der Waals surface area contributed by atoms with Gasteiger partial charge < -0.3 is 20.6 Å². The van der Waals surface area contributed by atoms with Crippen molar-refractivity contribution in [1.29, 1.82) is 5.26 Å². The fourth-order valence-electron chi connectivity index (χ4n) is 2.53. The second kappa shape index (κ2) is 7.50. The Morgan fingerprint density at radius 3 is 2.52 bits per heavy atom. The molecular weight excluding hydrogens is 268 g/mol. The number of hydrogen-bond acceptors (Lipinski definition) is 4. The first-order valence-electron chi connectivity index (χ1n) is 7.14. The van der Waals surface area contributed by atoms with Crippen LogP contribution in [0, 0.1) is 11.3 Å². The number of benzene rings is 1. The van der Waals surface area contributed by atoms with Crippen molar-refractivity contribution in [3.8, 4) is 6.07 Å². The van der Waals surface area contributed by atoms with Crippen molar-refractivity contribution in [2.75, 3.05) is 31.1 Å². The fourth-order valence-corrected chi connectivity index (χ4v) is 2.53. The van der Waals surface area contributed by atoms with E-state index in [2.05, 4.69) is 21.6 Å². The van der Waals surface area contributed by atoms with Crippen LogP contribution in [0.1, 0.15) is 18.4 Å². The summed E-state index contributed by atoms with van der Waals surface area (Å²) in [5.41, 5.74) is 1.83. The third-order valence-corrected chi connectivity index (χ3v) is 3.69. The highest BCUT2D eigenvalue weighted by molar-refractivity contribution is 5.64. The molecule has 2 rings (SSSR count). The Balaban J connectivity index is 1.72. The van der Waals surface area contributed by atoms with Crippen molar-refractivity contribution in [3.05, 3.63) is 29.8 Å². The average molecular weight is 288 g/mol. The maximum atomic E-state index is 10.3. The number of nitrogens with one attached hydrogen (secondary N) is 2. The minimum atomic E-state index is -0.979. The second-order valence-electron chi connectivity index (χ2n) is 5.11.